The van der Waals surface area contributed by atoms with E-state index in [-0.39, 0.29) is 12.7 Å². The number of halogens is 1. The second-order valence-electron chi connectivity index (χ2n) is 4.13. The van der Waals surface area contributed by atoms with Crippen molar-refractivity contribution in [3.8, 4) is 11.5 Å². The van der Waals surface area contributed by atoms with Crippen molar-refractivity contribution in [2.75, 3.05) is 6.79 Å². The molecular weight excluding hydrogens is 326 g/mol. The summed E-state index contributed by atoms with van der Waals surface area (Å²) >= 11 is 3.41. The molecule has 0 radical (unpaired) electrons. The second-order valence-corrected chi connectivity index (χ2v) is 4.98. The van der Waals surface area contributed by atoms with Crippen LogP contribution in [0.3, 0.4) is 0 Å². The number of ether oxygens (including phenoxy) is 2. The van der Waals surface area contributed by atoms with E-state index in [1.165, 1.54) is 12.4 Å². The minimum absolute atomic E-state index is 0.200. The van der Waals surface area contributed by atoms with Crippen molar-refractivity contribution in [2.24, 2.45) is 0 Å². The molecule has 102 valence electrons. The number of rotatable bonds is 3. The normalized spacial score (nSPS) is 12.2. The Morgan fingerprint density at radius 3 is 3.05 bits per heavy atom. The summed E-state index contributed by atoms with van der Waals surface area (Å²) in [5, 5.41) is 10.1. The zero-order valence-electron chi connectivity index (χ0n) is 10.3. The van der Waals surface area contributed by atoms with Gasteiger partial charge in [0.25, 0.3) is 5.91 Å². The van der Waals surface area contributed by atoms with E-state index in [9.17, 15) is 4.79 Å². The van der Waals surface area contributed by atoms with E-state index in [1.807, 2.05) is 12.1 Å². The molecule has 0 aliphatic carbocycles. The molecule has 3 rings (SSSR count). The Morgan fingerprint density at radius 1 is 1.35 bits per heavy atom. The number of hydrogen-bond acceptors (Lipinski definition) is 5. The molecule has 1 N–H and O–H groups in total. The third-order valence-corrected chi connectivity index (χ3v) is 3.38. The molecule has 0 unspecified atom stereocenters. The zero-order valence-corrected chi connectivity index (χ0v) is 11.9. The van der Waals surface area contributed by atoms with Crippen molar-refractivity contribution < 1.29 is 14.3 Å². The molecule has 2 aromatic rings. The molecule has 1 aliphatic heterocycles. The van der Waals surface area contributed by atoms with Crippen LogP contribution in [0.4, 0.5) is 0 Å². The first-order chi connectivity index (χ1) is 9.74. The molecule has 0 spiro atoms. The van der Waals surface area contributed by atoms with Gasteiger partial charge in [0.05, 0.1) is 22.4 Å². The highest BCUT2D eigenvalue weighted by Gasteiger charge is 2.18. The molecule has 0 saturated carbocycles. The molecule has 1 aromatic carbocycles. The lowest BCUT2D eigenvalue weighted by atomic mass is 10.2. The molecule has 6 nitrogen and oxygen atoms in total. The molecule has 0 atom stereocenters. The van der Waals surface area contributed by atoms with Crippen molar-refractivity contribution in [3.63, 3.8) is 0 Å². The van der Waals surface area contributed by atoms with Crippen LogP contribution < -0.4 is 14.8 Å². The SMILES string of the molecule is O=C(NCc1cc(Br)c2c(c1)OCO2)c1ccnnc1. The van der Waals surface area contributed by atoms with E-state index < -0.39 is 0 Å². The van der Waals surface area contributed by atoms with Crippen LogP contribution in [0.5, 0.6) is 11.5 Å². The first kappa shape index (κ1) is 12.9. The van der Waals surface area contributed by atoms with Gasteiger partial charge in [-0.3, -0.25) is 4.79 Å². The van der Waals surface area contributed by atoms with Gasteiger partial charge in [0.2, 0.25) is 6.79 Å². The fourth-order valence-electron chi connectivity index (χ4n) is 1.83. The van der Waals surface area contributed by atoms with E-state index in [0.717, 1.165) is 10.0 Å². The third-order valence-electron chi connectivity index (χ3n) is 2.79. The minimum atomic E-state index is -0.200. The van der Waals surface area contributed by atoms with Crippen LogP contribution in [-0.2, 0) is 6.54 Å². The highest BCUT2D eigenvalue weighted by atomic mass is 79.9. The topological polar surface area (TPSA) is 73.3 Å². The zero-order chi connectivity index (χ0) is 13.9. The maximum absolute atomic E-state index is 11.9. The monoisotopic (exact) mass is 335 g/mol. The Balaban J connectivity index is 1.70. The quantitative estimate of drug-likeness (QED) is 0.927. The van der Waals surface area contributed by atoms with E-state index in [4.69, 9.17) is 9.47 Å². The highest BCUT2D eigenvalue weighted by molar-refractivity contribution is 9.10. The molecule has 1 aliphatic rings. The van der Waals surface area contributed by atoms with Gasteiger partial charge in [0, 0.05) is 6.54 Å². The number of hydrogen-bond donors (Lipinski definition) is 1. The number of nitrogens with zero attached hydrogens (tertiary/aromatic N) is 2. The van der Waals surface area contributed by atoms with Crippen molar-refractivity contribution >= 4 is 21.8 Å². The van der Waals surface area contributed by atoms with Gasteiger partial charge in [-0.15, -0.1) is 0 Å². The van der Waals surface area contributed by atoms with Gasteiger partial charge in [0.1, 0.15) is 0 Å². The lowest BCUT2D eigenvalue weighted by Crippen LogP contribution is -2.22. The number of benzene rings is 1. The lowest BCUT2D eigenvalue weighted by Gasteiger charge is -2.07. The van der Waals surface area contributed by atoms with E-state index in [2.05, 4.69) is 31.4 Å². The summed E-state index contributed by atoms with van der Waals surface area (Å²) in [5.74, 6) is 1.17. The summed E-state index contributed by atoms with van der Waals surface area (Å²) in [6.07, 6.45) is 2.90. The lowest BCUT2D eigenvalue weighted by molar-refractivity contribution is 0.0950. The summed E-state index contributed by atoms with van der Waals surface area (Å²) in [6.45, 7) is 0.600. The Kier molecular flexibility index (Phi) is 3.51. The van der Waals surface area contributed by atoms with Gasteiger partial charge in [-0.1, -0.05) is 0 Å². The van der Waals surface area contributed by atoms with Crippen LogP contribution in [0, 0.1) is 0 Å². The number of amides is 1. The van der Waals surface area contributed by atoms with Gasteiger partial charge in [-0.05, 0) is 39.7 Å². The number of fused-ring (bicyclic) bond motifs is 1. The summed E-state index contributed by atoms with van der Waals surface area (Å²) in [4.78, 5) is 11.9. The molecule has 2 heterocycles. The Labute approximate surface area is 123 Å². The standard InChI is InChI=1S/C13H10BrN3O3/c14-10-3-8(4-11-12(10)20-7-19-11)5-15-13(18)9-1-2-16-17-6-9/h1-4,6H,5,7H2,(H,15,18). The van der Waals surface area contributed by atoms with Crippen molar-refractivity contribution in [1.82, 2.24) is 15.5 Å². The smallest absolute Gasteiger partial charge is 0.253 e. The molecule has 7 heteroatoms. The van der Waals surface area contributed by atoms with E-state index in [1.54, 1.807) is 6.07 Å². The summed E-state index contributed by atoms with van der Waals surface area (Å²) in [5.41, 5.74) is 1.39. The molecule has 0 bridgehead atoms. The number of carbonyl (C=O) groups excluding carboxylic acids is 1. The van der Waals surface area contributed by atoms with Gasteiger partial charge in [-0.2, -0.15) is 10.2 Å². The third kappa shape index (κ3) is 2.57. The van der Waals surface area contributed by atoms with Crippen LogP contribution >= 0.6 is 15.9 Å². The average molecular weight is 336 g/mol. The average Bonchev–Trinajstić information content (AvgIpc) is 2.94. The first-order valence-corrected chi connectivity index (χ1v) is 6.66. The maximum Gasteiger partial charge on any atom is 0.253 e. The van der Waals surface area contributed by atoms with Gasteiger partial charge >= 0.3 is 0 Å². The first-order valence-electron chi connectivity index (χ1n) is 5.87. The fraction of sp³-hybridized carbons (Fsp3) is 0.154. The minimum Gasteiger partial charge on any atom is -0.454 e. The molecular formula is C13H10BrN3O3. The Hall–Kier alpha value is -2.15. The summed E-state index contributed by atoms with van der Waals surface area (Å²) < 4.78 is 11.4. The van der Waals surface area contributed by atoms with Gasteiger partial charge < -0.3 is 14.8 Å². The van der Waals surface area contributed by atoms with Crippen LogP contribution in [0.25, 0.3) is 0 Å². The maximum atomic E-state index is 11.9. The van der Waals surface area contributed by atoms with Crippen LogP contribution in [0.1, 0.15) is 15.9 Å². The number of nitrogens with one attached hydrogen (secondary N) is 1. The molecule has 0 saturated heterocycles. The largest absolute Gasteiger partial charge is 0.454 e. The fourth-order valence-corrected chi connectivity index (χ4v) is 2.44. The number of aromatic nitrogens is 2. The van der Waals surface area contributed by atoms with Crippen LogP contribution in [-0.4, -0.2) is 22.9 Å². The number of carbonyl (C=O) groups is 1. The molecule has 0 fully saturated rings. The van der Waals surface area contributed by atoms with E-state index in [0.29, 0.717) is 23.6 Å². The molecule has 1 aromatic heterocycles. The summed E-state index contributed by atoms with van der Waals surface area (Å²) in [6, 6.07) is 5.34. The Morgan fingerprint density at radius 2 is 2.25 bits per heavy atom. The molecule has 1 amide bonds. The summed E-state index contributed by atoms with van der Waals surface area (Å²) in [7, 11) is 0. The second kappa shape index (κ2) is 5.46. The van der Waals surface area contributed by atoms with Crippen LogP contribution in [0.2, 0.25) is 0 Å². The molecule has 20 heavy (non-hydrogen) atoms. The van der Waals surface area contributed by atoms with Gasteiger partial charge in [0.15, 0.2) is 11.5 Å². The van der Waals surface area contributed by atoms with Crippen LogP contribution in [0.15, 0.2) is 35.1 Å². The van der Waals surface area contributed by atoms with Crippen molar-refractivity contribution in [1.29, 1.82) is 0 Å². The van der Waals surface area contributed by atoms with E-state index >= 15 is 0 Å². The van der Waals surface area contributed by atoms with Crippen molar-refractivity contribution in [3.05, 3.63) is 46.2 Å². The van der Waals surface area contributed by atoms with Crippen molar-refractivity contribution in [2.45, 2.75) is 6.54 Å². The predicted molar refractivity (Wildman–Crippen MR) is 73.5 cm³/mol. The Bertz CT molecular complexity index is 649. The highest BCUT2D eigenvalue weighted by Crippen LogP contribution is 2.39. The van der Waals surface area contributed by atoms with Gasteiger partial charge in [-0.25, -0.2) is 0 Å². The predicted octanol–water partition coefficient (Wildman–Crippen LogP) is 1.90.